The van der Waals surface area contributed by atoms with E-state index in [0.717, 1.165) is 6.26 Å². The van der Waals surface area contributed by atoms with Gasteiger partial charge in [-0.2, -0.15) is 0 Å². The Balaban J connectivity index is 2.08. The minimum absolute atomic E-state index is 0.161. The molecule has 0 aliphatic heterocycles. The molecule has 0 saturated carbocycles. The van der Waals surface area contributed by atoms with Crippen LogP contribution in [0.3, 0.4) is 0 Å². The smallest absolute Gasteiger partial charge is 0.255 e. The van der Waals surface area contributed by atoms with Crippen LogP contribution in [-0.4, -0.2) is 26.5 Å². The van der Waals surface area contributed by atoms with Gasteiger partial charge in [0.15, 0.2) is 9.84 Å². The first-order valence-corrected chi connectivity index (χ1v) is 8.64. The summed E-state index contributed by atoms with van der Waals surface area (Å²) in [6.45, 7) is 1.41. The maximum Gasteiger partial charge on any atom is 0.255 e. The molecule has 2 aromatic rings. The average Bonchev–Trinajstić information content (AvgIpc) is 2.48. The van der Waals surface area contributed by atoms with Gasteiger partial charge >= 0.3 is 0 Å². The van der Waals surface area contributed by atoms with Gasteiger partial charge in [-0.1, -0.05) is 0 Å². The van der Waals surface area contributed by atoms with Crippen molar-refractivity contribution in [3.63, 3.8) is 0 Å². The van der Waals surface area contributed by atoms with Crippen molar-refractivity contribution in [3.05, 3.63) is 54.1 Å². The van der Waals surface area contributed by atoms with Gasteiger partial charge in [0.05, 0.1) is 4.90 Å². The lowest BCUT2D eigenvalue weighted by Gasteiger charge is -2.07. The molecule has 0 aliphatic carbocycles. The predicted octanol–water partition coefficient (Wildman–Crippen LogP) is 2.30. The van der Waals surface area contributed by atoms with Crippen LogP contribution >= 0.6 is 0 Å². The Morgan fingerprint density at radius 1 is 0.826 bits per heavy atom. The number of carbonyl (C=O) groups is 2. The molecule has 0 atom stereocenters. The summed E-state index contributed by atoms with van der Waals surface area (Å²) in [6.07, 6.45) is 1.11. The van der Waals surface area contributed by atoms with Gasteiger partial charge in [0.25, 0.3) is 5.91 Å². The number of benzene rings is 2. The van der Waals surface area contributed by atoms with E-state index in [0.29, 0.717) is 16.9 Å². The molecule has 23 heavy (non-hydrogen) atoms. The van der Waals surface area contributed by atoms with Crippen LogP contribution in [-0.2, 0) is 14.6 Å². The summed E-state index contributed by atoms with van der Waals surface area (Å²) in [5.41, 5.74) is 1.55. The zero-order chi connectivity index (χ0) is 17.0. The largest absolute Gasteiger partial charge is 0.326 e. The van der Waals surface area contributed by atoms with Gasteiger partial charge < -0.3 is 10.6 Å². The van der Waals surface area contributed by atoms with E-state index in [-0.39, 0.29) is 16.7 Å². The van der Waals surface area contributed by atoms with Crippen LogP contribution in [0.4, 0.5) is 11.4 Å². The van der Waals surface area contributed by atoms with Gasteiger partial charge in [0, 0.05) is 30.1 Å². The summed E-state index contributed by atoms with van der Waals surface area (Å²) < 4.78 is 22.8. The molecule has 2 rings (SSSR count). The summed E-state index contributed by atoms with van der Waals surface area (Å²) in [6, 6.07) is 12.4. The highest BCUT2D eigenvalue weighted by molar-refractivity contribution is 7.90. The lowest BCUT2D eigenvalue weighted by Crippen LogP contribution is -2.12. The number of amides is 2. The molecule has 0 spiro atoms. The van der Waals surface area contributed by atoms with Crippen molar-refractivity contribution >= 4 is 33.0 Å². The van der Waals surface area contributed by atoms with E-state index in [1.807, 2.05) is 0 Å². The van der Waals surface area contributed by atoms with Crippen LogP contribution in [0.15, 0.2) is 53.4 Å². The Morgan fingerprint density at radius 2 is 1.30 bits per heavy atom. The van der Waals surface area contributed by atoms with Crippen molar-refractivity contribution in [1.29, 1.82) is 0 Å². The highest BCUT2D eigenvalue weighted by atomic mass is 32.2. The molecule has 2 aromatic carbocycles. The molecule has 0 radical (unpaired) electrons. The highest BCUT2D eigenvalue weighted by Crippen LogP contribution is 2.16. The number of hydrogen-bond donors (Lipinski definition) is 2. The first-order chi connectivity index (χ1) is 10.8. The number of carbonyl (C=O) groups excluding carboxylic acids is 2. The Bertz CT molecular complexity index is 825. The fourth-order valence-electron chi connectivity index (χ4n) is 1.90. The topological polar surface area (TPSA) is 92.3 Å². The molecule has 2 amide bonds. The summed E-state index contributed by atoms with van der Waals surface area (Å²) >= 11 is 0. The summed E-state index contributed by atoms with van der Waals surface area (Å²) in [4.78, 5) is 23.2. The van der Waals surface area contributed by atoms with E-state index in [4.69, 9.17) is 0 Å². The molecule has 0 heterocycles. The first kappa shape index (κ1) is 16.7. The zero-order valence-electron chi connectivity index (χ0n) is 12.7. The monoisotopic (exact) mass is 332 g/mol. The molecule has 6 nitrogen and oxygen atoms in total. The van der Waals surface area contributed by atoms with Gasteiger partial charge in [0.2, 0.25) is 5.91 Å². The summed E-state index contributed by atoms with van der Waals surface area (Å²) in [5.74, 6) is -0.523. The lowest BCUT2D eigenvalue weighted by molar-refractivity contribution is -0.114. The lowest BCUT2D eigenvalue weighted by atomic mass is 10.2. The number of hydrogen-bond acceptors (Lipinski definition) is 4. The van der Waals surface area contributed by atoms with Gasteiger partial charge in [-0.3, -0.25) is 9.59 Å². The van der Waals surface area contributed by atoms with Gasteiger partial charge in [-0.05, 0) is 48.5 Å². The molecule has 0 unspecified atom stereocenters. The number of anilines is 2. The van der Waals surface area contributed by atoms with Crippen LogP contribution in [0.1, 0.15) is 17.3 Å². The molecule has 0 fully saturated rings. The number of nitrogens with one attached hydrogen (secondary N) is 2. The second-order valence-corrected chi connectivity index (χ2v) is 7.02. The third-order valence-corrected chi connectivity index (χ3v) is 4.14. The van der Waals surface area contributed by atoms with Crippen LogP contribution in [0, 0.1) is 0 Å². The van der Waals surface area contributed by atoms with Gasteiger partial charge in [0.1, 0.15) is 0 Å². The number of sulfone groups is 1. The molecule has 7 heteroatoms. The van der Waals surface area contributed by atoms with E-state index >= 15 is 0 Å². The fourth-order valence-corrected chi connectivity index (χ4v) is 2.53. The van der Waals surface area contributed by atoms with Crippen molar-refractivity contribution in [1.82, 2.24) is 0 Å². The number of rotatable bonds is 4. The second-order valence-electron chi connectivity index (χ2n) is 5.01. The Morgan fingerprint density at radius 3 is 1.74 bits per heavy atom. The highest BCUT2D eigenvalue weighted by Gasteiger charge is 2.10. The Kier molecular flexibility index (Phi) is 4.80. The predicted molar refractivity (Wildman–Crippen MR) is 88.3 cm³/mol. The third kappa shape index (κ3) is 4.65. The standard InChI is InChI=1S/C16H16N2O4S/c1-11(19)17-13-5-7-14(8-6-13)18-16(20)12-3-9-15(10-4-12)23(2,21)22/h3-10H,1-2H3,(H,17,19)(H,18,20). The Hall–Kier alpha value is -2.67. The summed E-state index contributed by atoms with van der Waals surface area (Å²) in [5, 5.41) is 5.32. The molecule has 0 saturated heterocycles. The zero-order valence-corrected chi connectivity index (χ0v) is 13.5. The van der Waals surface area contributed by atoms with Crippen molar-refractivity contribution in [2.75, 3.05) is 16.9 Å². The molecular formula is C16H16N2O4S. The first-order valence-electron chi connectivity index (χ1n) is 6.75. The van der Waals surface area contributed by atoms with Crippen molar-refractivity contribution in [2.45, 2.75) is 11.8 Å². The maximum absolute atomic E-state index is 12.1. The van der Waals surface area contributed by atoms with Crippen molar-refractivity contribution in [3.8, 4) is 0 Å². The SMILES string of the molecule is CC(=O)Nc1ccc(NC(=O)c2ccc(S(C)(=O)=O)cc2)cc1. The molecule has 120 valence electrons. The van der Waals surface area contributed by atoms with E-state index in [1.165, 1.54) is 31.2 Å². The average molecular weight is 332 g/mol. The minimum Gasteiger partial charge on any atom is -0.326 e. The van der Waals surface area contributed by atoms with Crippen LogP contribution < -0.4 is 10.6 Å². The van der Waals surface area contributed by atoms with E-state index in [2.05, 4.69) is 10.6 Å². The molecule has 0 aliphatic rings. The second kappa shape index (κ2) is 6.62. The van der Waals surface area contributed by atoms with Gasteiger partial charge in [-0.15, -0.1) is 0 Å². The van der Waals surface area contributed by atoms with E-state index in [9.17, 15) is 18.0 Å². The van der Waals surface area contributed by atoms with Gasteiger partial charge in [-0.25, -0.2) is 8.42 Å². The van der Waals surface area contributed by atoms with Crippen molar-refractivity contribution < 1.29 is 18.0 Å². The summed E-state index contributed by atoms with van der Waals surface area (Å²) in [7, 11) is -3.29. The molecular weight excluding hydrogens is 316 g/mol. The van der Waals surface area contributed by atoms with E-state index in [1.54, 1.807) is 24.3 Å². The normalized spacial score (nSPS) is 10.9. The third-order valence-electron chi connectivity index (χ3n) is 3.01. The van der Waals surface area contributed by atoms with Crippen LogP contribution in [0.2, 0.25) is 0 Å². The molecule has 0 bridgehead atoms. The quantitative estimate of drug-likeness (QED) is 0.898. The fraction of sp³-hybridized carbons (Fsp3) is 0.125. The van der Waals surface area contributed by atoms with Crippen molar-refractivity contribution in [2.24, 2.45) is 0 Å². The molecule has 0 aromatic heterocycles. The minimum atomic E-state index is -3.29. The van der Waals surface area contributed by atoms with Crippen LogP contribution in [0.5, 0.6) is 0 Å². The maximum atomic E-state index is 12.1. The molecule has 2 N–H and O–H groups in total. The van der Waals surface area contributed by atoms with Crippen LogP contribution in [0.25, 0.3) is 0 Å². The Labute approximate surface area is 134 Å². The van der Waals surface area contributed by atoms with E-state index < -0.39 is 9.84 Å².